The Labute approximate surface area is 115 Å². The summed E-state index contributed by atoms with van der Waals surface area (Å²) < 4.78 is 13.1. The third-order valence-electron chi connectivity index (χ3n) is 4.48. The second kappa shape index (κ2) is 6.99. The van der Waals surface area contributed by atoms with Crippen LogP contribution in [0.15, 0.2) is 18.5 Å². The minimum atomic E-state index is -0.255. The minimum absolute atomic E-state index is 0.173. The Morgan fingerprint density at radius 1 is 1.26 bits per heavy atom. The molecule has 1 aromatic heterocycles. The van der Waals surface area contributed by atoms with Crippen molar-refractivity contribution in [2.24, 2.45) is 11.8 Å². The molecule has 2 rings (SSSR count). The van der Waals surface area contributed by atoms with Gasteiger partial charge in [0.1, 0.15) is 5.82 Å². The first-order valence-corrected chi connectivity index (χ1v) is 7.52. The summed E-state index contributed by atoms with van der Waals surface area (Å²) in [5.74, 6) is 1.47. The quantitative estimate of drug-likeness (QED) is 0.866. The molecular formula is C16H25FN2. The molecule has 1 aliphatic rings. The van der Waals surface area contributed by atoms with Crippen LogP contribution in [0, 0.1) is 17.7 Å². The third-order valence-corrected chi connectivity index (χ3v) is 4.48. The van der Waals surface area contributed by atoms with Gasteiger partial charge in [-0.25, -0.2) is 4.39 Å². The molecule has 1 unspecified atom stereocenters. The highest BCUT2D eigenvalue weighted by Gasteiger charge is 2.20. The molecule has 0 aliphatic heterocycles. The average Bonchev–Trinajstić information content (AvgIpc) is 2.45. The smallest absolute Gasteiger partial charge is 0.141 e. The fourth-order valence-corrected chi connectivity index (χ4v) is 2.97. The van der Waals surface area contributed by atoms with Crippen LogP contribution in [0.5, 0.6) is 0 Å². The van der Waals surface area contributed by atoms with E-state index in [2.05, 4.69) is 24.1 Å². The van der Waals surface area contributed by atoms with Crippen LogP contribution in [0.25, 0.3) is 0 Å². The molecule has 0 amide bonds. The lowest BCUT2D eigenvalue weighted by Crippen LogP contribution is -2.28. The van der Waals surface area contributed by atoms with E-state index >= 15 is 0 Å². The zero-order valence-corrected chi connectivity index (χ0v) is 12.0. The van der Waals surface area contributed by atoms with Gasteiger partial charge in [0.05, 0.1) is 6.20 Å². The summed E-state index contributed by atoms with van der Waals surface area (Å²) in [7, 11) is 0. The van der Waals surface area contributed by atoms with E-state index in [1.165, 1.54) is 38.3 Å². The lowest BCUT2D eigenvalue weighted by Gasteiger charge is -2.29. The van der Waals surface area contributed by atoms with E-state index in [1.807, 2.05) is 0 Å². The zero-order chi connectivity index (χ0) is 13.7. The maximum absolute atomic E-state index is 13.1. The van der Waals surface area contributed by atoms with Gasteiger partial charge in [0.25, 0.3) is 0 Å². The summed E-state index contributed by atoms with van der Waals surface area (Å²) in [5.41, 5.74) is 0.933. The maximum Gasteiger partial charge on any atom is 0.141 e. The van der Waals surface area contributed by atoms with Crippen LogP contribution in [0.2, 0.25) is 0 Å². The number of hydrogen-bond donors (Lipinski definition) is 1. The molecule has 0 aromatic carbocycles. The van der Waals surface area contributed by atoms with Crippen LogP contribution >= 0.6 is 0 Å². The molecule has 1 aromatic rings. The highest BCUT2D eigenvalue weighted by atomic mass is 19.1. The first-order valence-electron chi connectivity index (χ1n) is 7.52. The standard InChI is InChI=1S/C16H25FN2/c1-3-13-4-6-14(7-5-13)9-19-12(2)15-8-16(17)11-18-10-15/h8,10-14,19H,3-7,9H2,1-2H3. The van der Waals surface area contributed by atoms with Crippen LogP contribution in [0.3, 0.4) is 0 Å². The highest BCUT2D eigenvalue weighted by molar-refractivity contribution is 5.14. The molecule has 1 saturated carbocycles. The summed E-state index contributed by atoms with van der Waals surface area (Å²) in [4.78, 5) is 3.91. The Morgan fingerprint density at radius 2 is 1.95 bits per heavy atom. The van der Waals surface area contributed by atoms with E-state index in [-0.39, 0.29) is 11.9 Å². The zero-order valence-electron chi connectivity index (χ0n) is 12.0. The van der Waals surface area contributed by atoms with E-state index in [0.29, 0.717) is 0 Å². The number of aromatic nitrogens is 1. The van der Waals surface area contributed by atoms with Crippen molar-refractivity contribution in [3.63, 3.8) is 0 Å². The number of hydrogen-bond acceptors (Lipinski definition) is 2. The summed E-state index contributed by atoms with van der Waals surface area (Å²) >= 11 is 0. The molecule has 3 heteroatoms. The van der Waals surface area contributed by atoms with Gasteiger partial charge in [0.2, 0.25) is 0 Å². The number of nitrogens with one attached hydrogen (secondary N) is 1. The van der Waals surface area contributed by atoms with E-state index in [0.717, 1.165) is 23.9 Å². The molecule has 0 saturated heterocycles. The molecule has 1 aliphatic carbocycles. The second-order valence-corrected chi connectivity index (χ2v) is 5.86. The Bertz CT molecular complexity index is 386. The summed E-state index contributed by atoms with van der Waals surface area (Å²) in [6.07, 6.45) is 9.74. The molecule has 1 N–H and O–H groups in total. The number of halogens is 1. The molecule has 2 nitrogen and oxygen atoms in total. The monoisotopic (exact) mass is 264 g/mol. The average molecular weight is 264 g/mol. The SMILES string of the molecule is CCC1CCC(CNC(C)c2cncc(F)c2)CC1. The molecule has 0 spiro atoms. The molecular weight excluding hydrogens is 239 g/mol. The van der Waals surface area contributed by atoms with Crippen LogP contribution < -0.4 is 5.32 Å². The van der Waals surface area contributed by atoms with Gasteiger partial charge >= 0.3 is 0 Å². The van der Waals surface area contributed by atoms with Gasteiger partial charge in [-0.1, -0.05) is 26.2 Å². The second-order valence-electron chi connectivity index (χ2n) is 5.86. The molecule has 1 atom stereocenters. The number of pyridine rings is 1. The predicted octanol–water partition coefficient (Wildman–Crippen LogP) is 4.09. The molecule has 0 bridgehead atoms. The van der Waals surface area contributed by atoms with Crippen LogP contribution in [-0.4, -0.2) is 11.5 Å². The molecule has 106 valence electrons. The van der Waals surface area contributed by atoms with Gasteiger partial charge in [0, 0.05) is 12.2 Å². The number of rotatable bonds is 5. The maximum atomic E-state index is 13.1. The predicted molar refractivity (Wildman–Crippen MR) is 76.4 cm³/mol. The third kappa shape index (κ3) is 4.27. The molecule has 1 fully saturated rings. The van der Waals surface area contributed by atoms with E-state index in [9.17, 15) is 4.39 Å². The molecule has 1 heterocycles. The Kier molecular flexibility index (Phi) is 5.32. The van der Waals surface area contributed by atoms with Crippen LogP contribution in [0.4, 0.5) is 4.39 Å². The van der Waals surface area contributed by atoms with Crippen LogP contribution in [0.1, 0.15) is 57.6 Å². The van der Waals surface area contributed by atoms with Crippen LogP contribution in [-0.2, 0) is 0 Å². The van der Waals surface area contributed by atoms with Gasteiger partial charge < -0.3 is 5.32 Å². The lowest BCUT2D eigenvalue weighted by molar-refractivity contribution is 0.258. The normalized spacial score (nSPS) is 25.2. The lowest BCUT2D eigenvalue weighted by atomic mass is 9.81. The van der Waals surface area contributed by atoms with Gasteiger partial charge in [-0.05, 0) is 49.8 Å². The van der Waals surface area contributed by atoms with Crippen molar-refractivity contribution >= 4 is 0 Å². The van der Waals surface area contributed by atoms with Gasteiger partial charge in [-0.2, -0.15) is 0 Å². The van der Waals surface area contributed by atoms with Crippen molar-refractivity contribution in [1.29, 1.82) is 0 Å². The fourth-order valence-electron chi connectivity index (χ4n) is 2.97. The van der Waals surface area contributed by atoms with Gasteiger partial charge in [-0.15, -0.1) is 0 Å². The van der Waals surface area contributed by atoms with Crippen molar-refractivity contribution in [1.82, 2.24) is 10.3 Å². The van der Waals surface area contributed by atoms with E-state index < -0.39 is 0 Å². The molecule has 0 radical (unpaired) electrons. The van der Waals surface area contributed by atoms with Crippen molar-refractivity contribution < 1.29 is 4.39 Å². The van der Waals surface area contributed by atoms with Crippen molar-refractivity contribution in [2.75, 3.05) is 6.54 Å². The largest absolute Gasteiger partial charge is 0.310 e. The summed E-state index contributed by atoms with van der Waals surface area (Å²) in [6.45, 7) is 5.41. The van der Waals surface area contributed by atoms with Crippen molar-refractivity contribution in [3.8, 4) is 0 Å². The Balaban J connectivity index is 1.76. The Morgan fingerprint density at radius 3 is 2.58 bits per heavy atom. The number of nitrogens with zero attached hydrogens (tertiary/aromatic N) is 1. The van der Waals surface area contributed by atoms with Crippen molar-refractivity contribution in [2.45, 2.75) is 52.0 Å². The summed E-state index contributed by atoms with van der Waals surface area (Å²) in [5, 5.41) is 3.52. The summed E-state index contributed by atoms with van der Waals surface area (Å²) in [6, 6.07) is 1.74. The molecule has 19 heavy (non-hydrogen) atoms. The minimum Gasteiger partial charge on any atom is -0.310 e. The first kappa shape index (κ1) is 14.4. The van der Waals surface area contributed by atoms with E-state index in [1.54, 1.807) is 12.3 Å². The first-order chi connectivity index (χ1) is 9.19. The van der Waals surface area contributed by atoms with Gasteiger partial charge in [0.15, 0.2) is 0 Å². The van der Waals surface area contributed by atoms with E-state index in [4.69, 9.17) is 0 Å². The topological polar surface area (TPSA) is 24.9 Å². The fraction of sp³-hybridized carbons (Fsp3) is 0.688. The van der Waals surface area contributed by atoms with Crippen molar-refractivity contribution in [3.05, 3.63) is 29.8 Å². The highest BCUT2D eigenvalue weighted by Crippen LogP contribution is 2.30. The van der Waals surface area contributed by atoms with Gasteiger partial charge in [-0.3, -0.25) is 4.98 Å². The Hall–Kier alpha value is -0.960.